The van der Waals surface area contributed by atoms with Crippen molar-refractivity contribution in [2.45, 2.75) is 41.5 Å². The van der Waals surface area contributed by atoms with Crippen molar-refractivity contribution in [1.82, 2.24) is 28.9 Å². The molecule has 376 valence electrons. The normalized spacial score (nSPS) is 13.1. The molecule has 12 heteroatoms. The number of aryl methyl sites for hydroxylation is 6. The molecule has 6 aromatic carbocycles. The van der Waals surface area contributed by atoms with Gasteiger partial charge in [-0.15, -0.1) is 83.2 Å². The van der Waals surface area contributed by atoms with Crippen LogP contribution >= 0.6 is 0 Å². The fourth-order valence-electron chi connectivity index (χ4n) is 10.6. The molecule has 0 spiro atoms. The monoisotopic (exact) mass is 1330 g/mol. The summed E-state index contributed by atoms with van der Waals surface area (Å²) in [5, 5.41) is 1.86. The van der Waals surface area contributed by atoms with E-state index in [1.165, 1.54) is 44.5 Å². The van der Waals surface area contributed by atoms with Crippen LogP contribution in [0.15, 0.2) is 146 Å². The van der Waals surface area contributed by atoms with Crippen LogP contribution in [0.3, 0.4) is 0 Å². The molecule has 10 nitrogen and oxygen atoms in total. The molecule has 74 heavy (non-hydrogen) atoms. The van der Waals surface area contributed by atoms with Gasteiger partial charge < -0.3 is 38.2 Å². The van der Waals surface area contributed by atoms with Crippen LogP contribution in [0.25, 0.3) is 66.7 Å². The molecule has 10 aromatic rings. The van der Waals surface area contributed by atoms with Crippen LogP contribution in [0.5, 0.6) is 23.0 Å². The molecule has 0 N–H and O–H groups in total. The smallest absolute Gasteiger partial charge is 0.134 e. The largest absolute Gasteiger partial charge is 0.510 e. The first-order valence-corrected chi connectivity index (χ1v) is 24.0. The molecule has 0 atom stereocenters. The molecule has 4 aromatic heterocycles. The quantitative estimate of drug-likeness (QED) is 0.126. The predicted molar refractivity (Wildman–Crippen MR) is 288 cm³/mol. The van der Waals surface area contributed by atoms with Gasteiger partial charge in [0.1, 0.15) is 11.6 Å². The van der Waals surface area contributed by atoms with E-state index in [4.69, 9.17) is 19.4 Å². The van der Waals surface area contributed by atoms with E-state index >= 15 is 0 Å². The summed E-state index contributed by atoms with van der Waals surface area (Å²) in [5.74, 6) is 3.67. The van der Waals surface area contributed by atoms with E-state index in [2.05, 4.69) is 145 Å². The molecule has 0 saturated carbocycles. The van der Waals surface area contributed by atoms with E-state index in [0.717, 1.165) is 67.0 Å². The SMILES string of the molecule is Cc1cc(C)c(-c2cc(Oc3[c-]c4c(cc3)c3c(c5ccc(Oc6[c-]c(N7C=CN(C)[CH-]7)cc(-c7c(C)cc(C)cc7C)c6)[c-]c5n3-c3ccccn3)n4-c3ccccn3)[c-]c(N3C=CN(C)[CH-]3)c2)c(C)c1.[Pt].[Pt]. The first-order chi connectivity index (χ1) is 34.9. The predicted octanol–water partition coefficient (Wildman–Crippen LogP) is 14.2. The maximum absolute atomic E-state index is 6.84. The third-order valence-corrected chi connectivity index (χ3v) is 13.3. The van der Waals surface area contributed by atoms with Gasteiger partial charge in [0, 0.05) is 88.6 Å². The molecule has 0 amide bonds. The van der Waals surface area contributed by atoms with Gasteiger partial charge in [-0.2, -0.15) is 25.5 Å². The molecule has 0 aliphatic carbocycles. The third-order valence-electron chi connectivity index (χ3n) is 13.3. The van der Waals surface area contributed by atoms with Gasteiger partial charge in [0.15, 0.2) is 0 Å². The number of nitrogens with zero attached hydrogens (tertiary/aromatic N) is 8. The standard InChI is InChI=1S/C62H50N8O2.2Pt/c1-39-25-41(3)59(42(4)26-39)45-29-47(67-23-21-65(7)37-67)33-51(31-45)71-49-15-17-53-55(35-49)69(57-13-9-11-19-63-57)62-54-18-16-50(36-56(54)70(61(53)62)58-14-10-12-20-64-58)72-52-32-46(60-43(5)27-40(2)28-44(60)6)30-48(34-52)68-24-22-66(8)38-68;;/h9-32,37-38H,1-8H3;;/q-6;;. The zero-order valence-corrected chi connectivity index (χ0v) is 46.6. The molecule has 2 aliphatic rings. The Morgan fingerprint density at radius 3 is 1.20 bits per heavy atom. The maximum Gasteiger partial charge on any atom is 0.134 e. The Kier molecular flexibility index (Phi) is 13.7. The number of anilines is 2. The molecule has 6 heterocycles. The summed E-state index contributed by atoms with van der Waals surface area (Å²) in [6.45, 7) is 17.0. The van der Waals surface area contributed by atoms with Crippen molar-refractivity contribution in [3.8, 4) is 56.9 Å². The molecule has 0 bridgehead atoms. The van der Waals surface area contributed by atoms with Gasteiger partial charge in [-0.05, 0) is 138 Å². The van der Waals surface area contributed by atoms with Crippen molar-refractivity contribution in [1.29, 1.82) is 0 Å². The van der Waals surface area contributed by atoms with Crippen molar-refractivity contribution < 1.29 is 51.6 Å². The van der Waals surface area contributed by atoms with Gasteiger partial charge in [-0.3, -0.25) is 0 Å². The minimum absolute atomic E-state index is 0. The van der Waals surface area contributed by atoms with E-state index < -0.39 is 0 Å². The first kappa shape index (κ1) is 50.2. The van der Waals surface area contributed by atoms with E-state index in [9.17, 15) is 0 Å². The zero-order valence-electron chi connectivity index (χ0n) is 42.0. The molecule has 0 saturated heterocycles. The Hall–Kier alpha value is -7.38. The van der Waals surface area contributed by atoms with Crippen LogP contribution in [0.4, 0.5) is 11.4 Å². The summed E-state index contributed by atoms with van der Waals surface area (Å²) in [7, 11) is 4.02. The first-order valence-electron chi connectivity index (χ1n) is 24.0. The van der Waals surface area contributed by atoms with Crippen LogP contribution in [0.2, 0.25) is 0 Å². The summed E-state index contributed by atoms with van der Waals surface area (Å²) < 4.78 is 18.0. The second-order valence-electron chi connectivity index (χ2n) is 18.9. The summed E-state index contributed by atoms with van der Waals surface area (Å²) in [6.07, 6.45) is 11.7. The summed E-state index contributed by atoms with van der Waals surface area (Å²) in [5.41, 5.74) is 16.8. The molecule has 0 fully saturated rings. The topological polar surface area (TPSA) is 67.1 Å². The Labute approximate surface area is 461 Å². The minimum atomic E-state index is 0. The van der Waals surface area contributed by atoms with Crippen LogP contribution in [-0.4, -0.2) is 43.0 Å². The molecule has 0 radical (unpaired) electrons. The van der Waals surface area contributed by atoms with Crippen molar-refractivity contribution >= 4 is 44.2 Å². The van der Waals surface area contributed by atoms with Crippen LogP contribution in [0.1, 0.15) is 33.4 Å². The average molecular weight is 1330 g/mol. The fraction of sp³-hybridized carbons (Fsp3) is 0.129. The Morgan fingerprint density at radius 1 is 0.446 bits per heavy atom. The van der Waals surface area contributed by atoms with Gasteiger partial charge in [-0.25, -0.2) is 9.97 Å². The summed E-state index contributed by atoms with van der Waals surface area (Å²) >= 11 is 0. The molecule has 0 unspecified atom stereocenters. The number of benzene rings is 6. The van der Waals surface area contributed by atoms with E-state index in [-0.39, 0.29) is 42.1 Å². The maximum atomic E-state index is 6.84. The minimum Gasteiger partial charge on any atom is -0.510 e. The number of hydrogen-bond donors (Lipinski definition) is 0. The van der Waals surface area contributed by atoms with Crippen molar-refractivity contribution in [2.24, 2.45) is 0 Å². The van der Waals surface area contributed by atoms with Crippen molar-refractivity contribution in [3.63, 3.8) is 0 Å². The number of pyridine rings is 2. The van der Waals surface area contributed by atoms with E-state index in [1.54, 1.807) is 0 Å². The second kappa shape index (κ2) is 20.1. The van der Waals surface area contributed by atoms with Crippen molar-refractivity contribution in [3.05, 3.63) is 217 Å². The van der Waals surface area contributed by atoms with Crippen LogP contribution in [-0.2, 0) is 42.1 Å². The van der Waals surface area contributed by atoms with Crippen molar-refractivity contribution in [2.75, 3.05) is 23.9 Å². The van der Waals surface area contributed by atoms with Gasteiger partial charge in [0.2, 0.25) is 0 Å². The fourth-order valence-corrected chi connectivity index (χ4v) is 10.6. The number of ether oxygens (including phenoxy) is 2. The number of fused-ring (bicyclic) bond motifs is 5. The second-order valence-corrected chi connectivity index (χ2v) is 18.9. The number of aromatic nitrogens is 4. The summed E-state index contributed by atoms with van der Waals surface area (Å²) in [6, 6.07) is 52.0. The number of rotatable bonds is 10. The van der Waals surface area contributed by atoms with Crippen LogP contribution < -0.4 is 19.3 Å². The average Bonchev–Trinajstić information content (AvgIpc) is 4.14. The molecular weight excluding hydrogens is 1280 g/mol. The van der Waals surface area contributed by atoms with Gasteiger partial charge in [0.25, 0.3) is 0 Å². The Morgan fingerprint density at radius 2 is 0.851 bits per heavy atom. The zero-order chi connectivity index (χ0) is 49.4. The van der Waals surface area contributed by atoms with E-state index in [1.807, 2.05) is 123 Å². The van der Waals surface area contributed by atoms with Gasteiger partial charge in [0.05, 0.1) is 0 Å². The summed E-state index contributed by atoms with van der Waals surface area (Å²) in [4.78, 5) is 18.0. The Bertz CT molecular complexity index is 3550. The molecule has 2 aliphatic heterocycles. The molecular formula is C62H50N8O2Pt2-6. The van der Waals surface area contributed by atoms with Gasteiger partial charge in [-0.1, -0.05) is 69.3 Å². The number of hydrogen-bond acceptors (Lipinski definition) is 8. The van der Waals surface area contributed by atoms with Gasteiger partial charge >= 0.3 is 0 Å². The third kappa shape index (κ3) is 9.20. The Balaban J connectivity index is 0.00000313. The molecule has 12 rings (SSSR count). The van der Waals surface area contributed by atoms with Crippen LogP contribution in [0, 0.1) is 79.1 Å². The van der Waals surface area contributed by atoms with E-state index in [0.29, 0.717) is 23.0 Å².